The maximum atomic E-state index is 9.68. The Morgan fingerprint density at radius 1 is 1.08 bits per heavy atom. The van der Waals surface area contributed by atoms with Crippen LogP contribution in [0.2, 0.25) is 0 Å². The molecule has 1 aromatic carbocycles. The van der Waals surface area contributed by atoms with Crippen molar-refractivity contribution < 1.29 is 10.3 Å². The van der Waals surface area contributed by atoms with Crippen LogP contribution < -0.4 is 0 Å². The van der Waals surface area contributed by atoms with Gasteiger partial charge in [0.05, 0.1) is 5.69 Å². The van der Waals surface area contributed by atoms with Crippen molar-refractivity contribution in [2.24, 2.45) is 4.99 Å². The normalized spacial score (nSPS) is 6.00. The zero-order valence-electron chi connectivity index (χ0n) is 6.06. The van der Waals surface area contributed by atoms with Gasteiger partial charge < -0.3 is 5.48 Å². The van der Waals surface area contributed by atoms with Crippen LogP contribution in [0, 0.1) is 0 Å². The zero-order chi connectivity index (χ0) is 6.53. The molecule has 0 atom stereocenters. The minimum atomic E-state index is 0. The number of hydrogen-bond donors (Lipinski definition) is 0. The second-order valence-corrected chi connectivity index (χ2v) is 1.54. The van der Waals surface area contributed by atoms with Crippen molar-refractivity contribution in [1.82, 2.24) is 0 Å². The predicted octanol–water partition coefficient (Wildman–Crippen LogP) is 1.67. The smallest absolute Gasteiger partial charge is 0.240 e. The standard InChI is InChI=1S/C7H5NO.2ClH.H2O/c9-6-8-7-4-2-1-3-5-7;;;/h1-5H;2*1H;1H2. The van der Waals surface area contributed by atoms with Crippen LogP contribution >= 0.6 is 24.8 Å². The lowest BCUT2D eigenvalue weighted by Gasteiger charge is -1.83. The Bertz CT molecular complexity index is 234. The quantitative estimate of drug-likeness (QED) is 0.513. The largest absolute Gasteiger partial charge is 0.412 e. The van der Waals surface area contributed by atoms with Crippen LogP contribution in [-0.2, 0) is 4.79 Å². The van der Waals surface area contributed by atoms with Crippen LogP contribution in [0.4, 0.5) is 5.69 Å². The van der Waals surface area contributed by atoms with Gasteiger partial charge in [-0.05, 0) is 12.1 Å². The first-order chi connectivity index (χ1) is 4.43. The molecule has 5 heteroatoms. The number of rotatable bonds is 1. The molecule has 0 amide bonds. The molecule has 0 aliphatic carbocycles. The first kappa shape index (κ1) is 17.3. The zero-order valence-corrected chi connectivity index (χ0v) is 7.69. The van der Waals surface area contributed by atoms with Crippen molar-refractivity contribution in [3.63, 3.8) is 0 Å². The van der Waals surface area contributed by atoms with Crippen molar-refractivity contribution >= 4 is 36.6 Å². The third-order valence-corrected chi connectivity index (χ3v) is 0.931. The Hall–Kier alpha value is -0.860. The summed E-state index contributed by atoms with van der Waals surface area (Å²) in [6.45, 7) is 0. The molecule has 68 valence electrons. The van der Waals surface area contributed by atoms with E-state index in [1.54, 1.807) is 12.1 Å². The highest BCUT2D eigenvalue weighted by Gasteiger charge is 1.79. The lowest BCUT2D eigenvalue weighted by Crippen LogP contribution is -1.59. The van der Waals surface area contributed by atoms with Gasteiger partial charge in [0.1, 0.15) is 0 Å². The molecule has 0 bridgehead atoms. The maximum Gasteiger partial charge on any atom is 0.240 e. The first-order valence-corrected chi connectivity index (χ1v) is 2.56. The molecule has 0 unspecified atom stereocenters. The molecular weight excluding hydrogens is 201 g/mol. The van der Waals surface area contributed by atoms with E-state index in [1.807, 2.05) is 18.2 Å². The fourth-order valence-electron chi connectivity index (χ4n) is 0.555. The molecule has 0 spiro atoms. The van der Waals surface area contributed by atoms with Gasteiger partial charge in [0, 0.05) is 0 Å². The second kappa shape index (κ2) is 10.1. The third-order valence-electron chi connectivity index (χ3n) is 0.931. The van der Waals surface area contributed by atoms with Gasteiger partial charge in [0.25, 0.3) is 0 Å². The molecule has 0 aliphatic heterocycles. The van der Waals surface area contributed by atoms with Crippen molar-refractivity contribution in [3.8, 4) is 0 Å². The van der Waals surface area contributed by atoms with Crippen LogP contribution in [0.25, 0.3) is 0 Å². The molecule has 0 aromatic heterocycles. The summed E-state index contributed by atoms with van der Waals surface area (Å²) in [5.41, 5.74) is 0.646. The summed E-state index contributed by atoms with van der Waals surface area (Å²) < 4.78 is 0. The second-order valence-electron chi connectivity index (χ2n) is 1.54. The van der Waals surface area contributed by atoms with Gasteiger partial charge in [-0.3, -0.25) is 0 Å². The van der Waals surface area contributed by atoms with Crippen LogP contribution in [0.3, 0.4) is 0 Å². The van der Waals surface area contributed by atoms with Crippen LogP contribution in [0.5, 0.6) is 0 Å². The van der Waals surface area contributed by atoms with Crippen molar-refractivity contribution in [2.45, 2.75) is 0 Å². The van der Waals surface area contributed by atoms with E-state index in [0.29, 0.717) is 5.69 Å². The Morgan fingerprint density at radius 2 is 1.58 bits per heavy atom. The molecule has 0 saturated carbocycles. The van der Waals surface area contributed by atoms with Crippen molar-refractivity contribution in [3.05, 3.63) is 30.3 Å². The topological polar surface area (TPSA) is 60.9 Å². The van der Waals surface area contributed by atoms with Gasteiger partial charge in [-0.1, -0.05) is 18.2 Å². The van der Waals surface area contributed by atoms with E-state index in [9.17, 15) is 4.79 Å². The number of halogens is 2. The van der Waals surface area contributed by atoms with Gasteiger partial charge in [-0.15, -0.1) is 24.8 Å². The number of benzene rings is 1. The SMILES string of the molecule is Cl.Cl.O.O=C=Nc1ccccc1. The number of hydrogen-bond acceptors (Lipinski definition) is 2. The van der Waals surface area contributed by atoms with E-state index in [-0.39, 0.29) is 30.3 Å². The molecule has 0 radical (unpaired) electrons. The summed E-state index contributed by atoms with van der Waals surface area (Å²) in [6.07, 6.45) is 1.46. The highest BCUT2D eigenvalue weighted by atomic mass is 35.5. The van der Waals surface area contributed by atoms with E-state index in [2.05, 4.69) is 4.99 Å². The molecule has 1 aromatic rings. The van der Waals surface area contributed by atoms with Gasteiger partial charge in [-0.25, -0.2) is 4.79 Å². The van der Waals surface area contributed by atoms with Crippen LogP contribution in [0.15, 0.2) is 35.3 Å². The summed E-state index contributed by atoms with van der Waals surface area (Å²) in [6, 6.07) is 8.98. The Balaban J connectivity index is -0.000000270. The minimum Gasteiger partial charge on any atom is -0.412 e. The number of aliphatic imine (C=N–C) groups is 1. The predicted molar refractivity (Wildman–Crippen MR) is 52.3 cm³/mol. The van der Waals surface area contributed by atoms with Gasteiger partial charge in [0.15, 0.2) is 0 Å². The summed E-state index contributed by atoms with van der Waals surface area (Å²) in [5, 5.41) is 0. The van der Waals surface area contributed by atoms with E-state index < -0.39 is 0 Å². The van der Waals surface area contributed by atoms with Gasteiger partial charge in [-0.2, -0.15) is 4.99 Å². The highest BCUT2D eigenvalue weighted by Crippen LogP contribution is 2.06. The minimum absolute atomic E-state index is 0. The monoisotopic (exact) mass is 209 g/mol. The van der Waals surface area contributed by atoms with Crippen molar-refractivity contribution in [2.75, 3.05) is 0 Å². The highest BCUT2D eigenvalue weighted by molar-refractivity contribution is 5.85. The number of carbonyl (C=O) groups excluding carboxylic acids is 1. The molecule has 12 heavy (non-hydrogen) atoms. The molecule has 3 nitrogen and oxygen atoms in total. The summed E-state index contributed by atoms with van der Waals surface area (Å²) >= 11 is 0. The van der Waals surface area contributed by atoms with E-state index in [1.165, 1.54) is 6.08 Å². The molecule has 0 heterocycles. The van der Waals surface area contributed by atoms with Crippen LogP contribution in [0.1, 0.15) is 0 Å². The Morgan fingerprint density at radius 3 is 2.00 bits per heavy atom. The lowest BCUT2D eigenvalue weighted by molar-refractivity contribution is 0.565. The molecule has 2 N–H and O–H groups in total. The fourth-order valence-corrected chi connectivity index (χ4v) is 0.555. The average Bonchev–Trinajstić information content (AvgIpc) is 1.91. The summed E-state index contributed by atoms with van der Waals surface area (Å²) in [7, 11) is 0. The Kier molecular flexibility index (Phi) is 14.6. The first-order valence-electron chi connectivity index (χ1n) is 2.56. The summed E-state index contributed by atoms with van der Waals surface area (Å²) in [5.74, 6) is 0. The Labute approximate surface area is 82.6 Å². The van der Waals surface area contributed by atoms with Crippen LogP contribution in [-0.4, -0.2) is 11.6 Å². The molecule has 0 fully saturated rings. The summed E-state index contributed by atoms with van der Waals surface area (Å²) in [4.78, 5) is 13.1. The molecule has 0 saturated heterocycles. The number of isocyanates is 1. The van der Waals surface area contributed by atoms with E-state index >= 15 is 0 Å². The number of para-hydroxylation sites is 1. The van der Waals surface area contributed by atoms with E-state index in [0.717, 1.165) is 0 Å². The molecule has 1 rings (SSSR count). The van der Waals surface area contributed by atoms with Gasteiger partial charge >= 0.3 is 0 Å². The van der Waals surface area contributed by atoms with E-state index in [4.69, 9.17) is 0 Å². The maximum absolute atomic E-state index is 9.68. The molecular formula is C7H9Cl2NO2. The third kappa shape index (κ3) is 5.89. The lowest BCUT2D eigenvalue weighted by atomic mass is 10.3. The number of nitrogens with zero attached hydrogens (tertiary/aromatic N) is 1. The van der Waals surface area contributed by atoms with Gasteiger partial charge in [0.2, 0.25) is 6.08 Å². The molecule has 0 aliphatic rings. The average molecular weight is 210 g/mol. The van der Waals surface area contributed by atoms with Crippen molar-refractivity contribution in [1.29, 1.82) is 0 Å². The fraction of sp³-hybridized carbons (Fsp3) is 0.